The molecule has 2 atom stereocenters. The minimum Gasteiger partial charge on any atom is -0.486 e. The highest BCUT2D eigenvalue weighted by molar-refractivity contribution is 7.88. The van der Waals surface area contributed by atoms with Gasteiger partial charge in [-0.05, 0) is 36.6 Å². The van der Waals surface area contributed by atoms with E-state index >= 15 is 0 Å². The number of carbonyl (C=O) groups is 1. The van der Waals surface area contributed by atoms with E-state index in [4.69, 9.17) is 9.47 Å². The number of amides is 1. The third-order valence-electron chi connectivity index (χ3n) is 5.60. The Labute approximate surface area is 177 Å². The third-order valence-corrected chi connectivity index (χ3v) is 6.84. The molecule has 2 heterocycles. The minimum absolute atomic E-state index is 0.208. The van der Waals surface area contributed by atoms with Gasteiger partial charge < -0.3 is 14.4 Å². The molecular weight excluding hydrogens is 404 g/mol. The lowest BCUT2D eigenvalue weighted by atomic mass is 9.95. The molecule has 0 N–H and O–H groups in total. The fourth-order valence-corrected chi connectivity index (χ4v) is 5.04. The summed E-state index contributed by atoms with van der Waals surface area (Å²) in [6.45, 7) is 3.22. The molecule has 2 aromatic carbocycles. The fraction of sp³-hybridized carbons (Fsp3) is 0.409. The van der Waals surface area contributed by atoms with Gasteiger partial charge in [0.05, 0.1) is 12.8 Å². The first-order valence-electron chi connectivity index (χ1n) is 10.1. The lowest BCUT2D eigenvalue weighted by Crippen LogP contribution is -2.55. The number of carbonyl (C=O) groups excluding carboxylic acids is 1. The van der Waals surface area contributed by atoms with E-state index in [2.05, 4.69) is 0 Å². The van der Waals surface area contributed by atoms with E-state index in [1.807, 2.05) is 55.5 Å². The van der Waals surface area contributed by atoms with Crippen molar-refractivity contribution in [2.45, 2.75) is 32.0 Å². The second kappa shape index (κ2) is 8.28. The predicted molar refractivity (Wildman–Crippen MR) is 113 cm³/mol. The van der Waals surface area contributed by atoms with Crippen LogP contribution in [0.3, 0.4) is 0 Å². The van der Waals surface area contributed by atoms with Gasteiger partial charge in [0.15, 0.2) is 17.6 Å². The predicted octanol–water partition coefficient (Wildman–Crippen LogP) is 2.06. The highest BCUT2D eigenvalue weighted by atomic mass is 32.2. The van der Waals surface area contributed by atoms with Crippen molar-refractivity contribution in [3.63, 3.8) is 0 Å². The standard InChI is InChI=1S/C22H26N2O5S/c1-3-23(14-18-15-28-20-10-6-7-11-21(20)29-18)22(25)19-12-16-8-4-5-9-17(16)13-24(19)30(2,26)27/h4-11,18-19H,3,12-15H2,1-2H3/t18-,19-/m0/s1. The maximum absolute atomic E-state index is 13.4. The first-order valence-corrected chi connectivity index (χ1v) is 11.9. The maximum atomic E-state index is 13.4. The van der Waals surface area contributed by atoms with Gasteiger partial charge in [-0.2, -0.15) is 4.31 Å². The molecule has 0 aromatic heterocycles. The molecule has 4 rings (SSSR count). The normalized spacial score (nSPS) is 21.0. The summed E-state index contributed by atoms with van der Waals surface area (Å²) in [6, 6.07) is 14.3. The Morgan fingerprint density at radius 3 is 2.47 bits per heavy atom. The van der Waals surface area contributed by atoms with Gasteiger partial charge in [-0.3, -0.25) is 4.79 Å². The molecule has 0 radical (unpaired) electrons. The molecule has 30 heavy (non-hydrogen) atoms. The summed E-state index contributed by atoms with van der Waals surface area (Å²) in [5, 5.41) is 0. The van der Waals surface area contributed by atoms with E-state index in [1.54, 1.807) is 4.90 Å². The minimum atomic E-state index is -3.55. The molecule has 8 heteroatoms. The number of benzene rings is 2. The van der Waals surface area contributed by atoms with Crippen LogP contribution in [0.4, 0.5) is 0 Å². The van der Waals surface area contributed by atoms with Crippen molar-refractivity contribution in [1.29, 1.82) is 0 Å². The van der Waals surface area contributed by atoms with E-state index in [0.29, 0.717) is 37.6 Å². The summed E-state index contributed by atoms with van der Waals surface area (Å²) in [7, 11) is -3.55. The van der Waals surface area contributed by atoms with Crippen LogP contribution in [0.5, 0.6) is 11.5 Å². The Balaban J connectivity index is 1.53. The molecule has 0 spiro atoms. The Morgan fingerprint density at radius 2 is 1.77 bits per heavy atom. The topological polar surface area (TPSA) is 76.2 Å². The summed E-state index contributed by atoms with van der Waals surface area (Å²) < 4.78 is 38.0. The van der Waals surface area contributed by atoms with Crippen LogP contribution in [-0.2, 0) is 27.8 Å². The lowest BCUT2D eigenvalue weighted by molar-refractivity contribution is -0.137. The van der Waals surface area contributed by atoms with E-state index < -0.39 is 16.1 Å². The van der Waals surface area contributed by atoms with Crippen LogP contribution in [0.25, 0.3) is 0 Å². The van der Waals surface area contributed by atoms with Gasteiger partial charge in [-0.25, -0.2) is 8.42 Å². The van der Waals surface area contributed by atoms with Gasteiger partial charge in [0, 0.05) is 13.1 Å². The molecular formula is C22H26N2O5S. The zero-order valence-electron chi connectivity index (χ0n) is 17.2. The van der Waals surface area contributed by atoms with Crippen molar-refractivity contribution in [2.75, 3.05) is 26.0 Å². The largest absolute Gasteiger partial charge is 0.486 e. The van der Waals surface area contributed by atoms with Gasteiger partial charge in [0.1, 0.15) is 12.6 Å². The van der Waals surface area contributed by atoms with Gasteiger partial charge in [-0.15, -0.1) is 0 Å². The Hall–Kier alpha value is -2.58. The zero-order valence-corrected chi connectivity index (χ0v) is 18.0. The van der Waals surface area contributed by atoms with E-state index in [1.165, 1.54) is 4.31 Å². The average Bonchev–Trinajstić information content (AvgIpc) is 2.75. The van der Waals surface area contributed by atoms with E-state index in [0.717, 1.165) is 17.4 Å². The third kappa shape index (κ3) is 4.15. The number of sulfonamides is 1. The second-order valence-corrected chi connectivity index (χ2v) is 9.61. The average molecular weight is 431 g/mol. The molecule has 2 aromatic rings. The number of nitrogens with zero attached hydrogens (tertiary/aromatic N) is 2. The number of hydrogen-bond acceptors (Lipinski definition) is 5. The van der Waals surface area contributed by atoms with Crippen LogP contribution < -0.4 is 9.47 Å². The van der Waals surface area contributed by atoms with Crippen LogP contribution in [0.15, 0.2) is 48.5 Å². The molecule has 160 valence electrons. The quantitative estimate of drug-likeness (QED) is 0.726. The highest BCUT2D eigenvalue weighted by Crippen LogP contribution is 2.31. The monoisotopic (exact) mass is 430 g/mol. The van der Waals surface area contributed by atoms with Crippen molar-refractivity contribution in [2.24, 2.45) is 0 Å². The van der Waals surface area contributed by atoms with Crippen LogP contribution in [0.1, 0.15) is 18.1 Å². The Bertz CT molecular complexity index is 1040. The van der Waals surface area contributed by atoms with Crippen LogP contribution in [0, 0.1) is 0 Å². The van der Waals surface area contributed by atoms with Gasteiger partial charge in [-0.1, -0.05) is 36.4 Å². The van der Waals surface area contributed by atoms with Gasteiger partial charge >= 0.3 is 0 Å². The smallest absolute Gasteiger partial charge is 0.241 e. The summed E-state index contributed by atoms with van der Waals surface area (Å²) >= 11 is 0. The summed E-state index contributed by atoms with van der Waals surface area (Å²) in [5.41, 5.74) is 1.95. The first-order chi connectivity index (χ1) is 14.4. The van der Waals surface area contributed by atoms with Crippen molar-refractivity contribution >= 4 is 15.9 Å². The van der Waals surface area contributed by atoms with Crippen molar-refractivity contribution < 1.29 is 22.7 Å². The molecule has 0 fully saturated rings. The molecule has 0 unspecified atom stereocenters. The second-order valence-electron chi connectivity index (χ2n) is 7.67. The maximum Gasteiger partial charge on any atom is 0.241 e. The van der Waals surface area contributed by atoms with Gasteiger partial charge in [0.25, 0.3) is 0 Å². The molecule has 7 nitrogen and oxygen atoms in total. The molecule has 1 amide bonds. The number of para-hydroxylation sites is 2. The summed E-state index contributed by atoms with van der Waals surface area (Å²) in [5.74, 6) is 1.14. The number of rotatable bonds is 5. The van der Waals surface area contributed by atoms with E-state index in [-0.39, 0.29) is 18.6 Å². The van der Waals surface area contributed by atoms with Gasteiger partial charge in [0.2, 0.25) is 15.9 Å². The van der Waals surface area contributed by atoms with Crippen LogP contribution in [0.2, 0.25) is 0 Å². The number of fused-ring (bicyclic) bond motifs is 2. The number of ether oxygens (including phenoxy) is 2. The molecule has 0 saturated carbocycles. The Kier molecular flexibility index (Phi) is 5.71. The first kappa shape index (κ1) is 20.7. The van der Waals surface area contributed by atoms with Crippen molar-refractivity contribution in [3.05, 3.63) is 59.7 Å². The molecule has 2 aliphatic rings. The SMILES string of the molecule is CCN(C[C@H]1COc2ccccc2O1)C(=O)[C@@H]1Cc2ccccc2CN1S(C)(=O)=O. The molecule has 0 aliphatic carbocycles. The van der Waals surface area contributed by atoms with Crippen LogP contribution in [-0.4, -0.2) is 61.6 Å². The molecule has 0 bridgehead atoms. The zero-order chi connectivity index (χ0) is 21.3. The Morgan fingerprint density at radius 1 is 1.10 bits per heavy atom. The van der Waals surface area contributed by atoms with E-state index in [9.17, 15) is 13.2 Å². The lowest BCUT2D eigenvalue weighted by Gasteiger charge is -2.38. The molecule has 0 saturated heterocycles. The van der Waals surface area contributed by atoms with Crippen molar-refractivity contribution in [1.82, 2.24) is 9.21 Å². The van der Waals surface area contributed by atoms with Crippen molar-refractivity contribution in [3.8, 4) is 11.5 Å². The number of hydrogen-bond donors (Lipinski definition) is 0. The fourth-order valence-electron chi connectivity index (χ4n) is 4.04. The highest BCUT2D eigenvalue weighted by Gasteiger charge is 2.39. The summed E-state index contributed by atoms with van der Waals surface area (Å²) in [4.78, 5) is 15.1. The number of likely N-dealkylation sites (N-methyl/N-ethyl adjacent to an activating group) is 1. The summed E-state index contributed by atoms with van der Waals surface area (Å²) in [6.07, 6.45) is 1.21. The molecule has 2 aliphatic heterocycles. The van der Waals surface area contributed by atoms with Crippen LogP contribution >= 0.6 is 0 Å².